The Balaban J connectivity index is 2.33. The van der Waals surface area contributed by atoms with E-state index in [1.807, 2.05) is 13.8 Å². The summed E-state index contributed by atoms with van der Waals surface area (Å²) in [4.78, 5) is 12.8. The van der Waals surface area contributed by atoms with Crippen molar-refractivity contribution in [3.63, 3.8) is 0 Å². The molecule has 1 amide bonds. The van der Waals surface area contributed by atoms with Gasteiger partial charge in [-0.1, -0.05) is 0 Å². The highest BCUT2D eigenvalue weighted by Crippen LogP contribution is 2.40. The van der Waals surface area contributed by atoms with Crippen LogP contribution in [0.3, 0.4) is 0 Å². The van der Waals surface area contributed by atoms with Gasteiger partial charge >= 0.3 is 0 Å². The highest BCUT2D eigenvalue weighted by molar-refractivity contribution is 6.07. The highest BCUT2D eigenvalue weighted by atomic mass is 16.5. The number of carbonyl (C=O) groups is 1. The van der Waals surface area contributed by atoms with Gasteiger partial charge in [-0.3, -0.25) is 4.79 Å². The van der Waals surface area contributed by atoms with Crippen molar-refractivity contribution in [3.05, 3.63) is 35.9 Å². The van der Waals surface area contributed by atoms with Crippen LogP contribution >= 0.6 is 0 Å². The third-order valence-corrected chi connectivity index (χ3v) is 3.75. The quantitative estimate of drug-likeness (QED) is 0.719. The second kappa shape index (κ2) is 9.56. The predicted molar refractivity (Wildman–Crippen MR) is 103 cm³/mol. The SMILES string of the molecule is CCOc1ccc(NC(=O)c2ccc(OC)c(OC)c2OC)cc1OCC. The monoisotopic (exact) mass is 375 g/mol. The maximum Gasteiger partial charge on any atom is 0.259 e. The van der Waals surface area contributed by atoms with Crippen molar-refractivity contribution in [1.82, 2.24) is 0 Å². The van der Waals surface area contributed by atoms with E-state index in [4.69, 9.17) is 23.7 Å². The largest absolute Gasteiger partial charge is 0.493 e. The van der Waals surface area contributed by atoms with Gasteiger partial charge in [-0.25, -0.2) is 0 Å². The van der Waals surface area contributed by atoms with Crippen LogP contribution in [0.5, 0.6) is 28.7 Å². The van der Waals surface area contributed by atoms with E-state index in [0.29, 0.717) is 53.2 Å². The van der Waals surface area contributed by atoms with Crippen molar-refractivity contribution >= 4 is 11.6 Å². The van der Waals surface area contributed by atoms with Crippen molar-refractivity contribution in [2.24, 2.45) is 0 Å². The first kappa shape index (κ1) is 20.2. The molecule has 0 spiro atoms. The molecule has 0 saturated carbocycles. The summed E-state index contributed by atoms with van der Waals surface area (Å²) in [6.45, 7) is 4.79. The smallest absolute Gasteiger partial charge is 0.259 e. The van der Waals surface area contributed by atoms with Gasteiger partial charge < -0.3 is 29.0 Å². The Hall–Kier alpha value is -3.09. The van der Waals surface area contributed by atoms with Crippen molar-refractivity contribution < 1.29 is 28.5 Å². The molecule has 0 unspecified atom stereocenters. The lowest BCUT2D eigenvalue weighted by molar-refractivity contribution is 0.102. The van der Waals surface area contributed by atoms with Gasteiger partial charge in [0.05, 0.1) is 40.1 Å². The molecule has 0 aromatic heterocycles. The molecule has 7 heteroatoms. The fourth-order valence-electron chi connectivity index (χ4n) is 2.61. The number of methoxy groups -OCH3 is 3. The van der Waals surface area contributed by atoms with Gasteiger partial charge in [0.25, 0.3) is 5.91 Å². The summed E-state index contributed by atoms with van der Waals surface area (Å²) in [5.41, 5.74) is 0.894. The summed E-state index contributed by atoms with van der Waals surface area (Å²) in [5.74, 6) is 1.97. The Labute approximate surface area is 159 Å². The molecule has 0 radical (unpaired) electrons. The van der Waals surface area contributed by atoms with Crippen molar-refractivity contribution in [2.75, 3.05) is 39.9 Å². The maximum absolute atomic E-state index is 12.8. The van der Waals surface area contributed by atoms with Gasteiger partial charge in [0, 0.05) is 11.8 Å². The molecule has 0 aliphatic rings. The first-order valence-corrected chi connectivity index (χ1v) is 8.59. The summed E-state index contributed by atoms with van der Waals surface area (Å²) in [7, 11) is 4.48. The maximum atomic E-state index is 12.8. The number of rotatable bonds is 9. The Morgan fingerprint density at radius 2 is 1.44 bits per heavy atom. The predicted octanol–water partition coefficient (Wildman–Crippen LogP) is 3.76. The molecule has 27 heavy (non-hydrogen) atoms. The fraction of sp³-hybridized carbons (Fsp3) is 0.350. The minimum Gasteiger partial charge on any atom is -0.493 e. The van der Waals surface area contributed by atoms with E-state index < -0.39 is 0 Å². The van der Waals surface area contributed by atoms with Crippen LogP contribution in [0.25, 0.3) is 0 Å². The molecule has 7 nitrogen and oxygen atoms in total. The molecule has 0 bridgehead atoms. The van der Waals surface area contributed by atoms with E-state index >= 15 is 0 Å². The number of hydrogen-bond donors (Lipinski definition) is 1. The number of amides is 1. The van der Waals surface area contributed by atoms with Crippen LogP contribution in [-0.4, -0.2) is 40.5 Å². The van der Waals surface area contributed by atoms with Crippen molar-refractivity contribution in [2.45, 2.75) is 13.8 Å². The van der Waals surface area contributed by atoms with Crippen molar-refractivity contribution in [1.29, 1.82) is 0 Å². The number of anilines is 1. The van der Waals surface area contributed by atoms with Crippen molar-refractivity contribution in [3.8, 4) is 28.7 Å². The van der Waals surface area contributed by atoms with Crippen LogP contribution in [0.1, 0.15) is 24.2 Å². The average Bonchev–Trinajstić information content (AvgIpc) is 2.68. The van der Waals surface area contributed by atoms with Gasteiger partial charge in [-0.2, -0.15) is 0 Å². The Bertz CT molecular complexity index is 790. The molecule has 0 aliphatic heterocycles. The second-order valence-electron chi connectivity index (χ2n) is 5.36. The summed E-state index contributed by atoms with van der Waals surface area (Å²) < 4.78 is 27.1. The van der Waals surface area contributed by atoms with Gasteiger partial charge in [0.1, 0.15) is 0 Å². The standard InChI is InChI=1S/C20H25NO6/c1-6-26-15-10-8-13(12-17(15)27-7-2)21-20(22)14-9-11-16(23-3)19(25-5)18(14)24-4/h8-12H,6-7H2,1-5H3,(H,21,22). The molecule has 2 aromatic rings. The zero-order valence-corrected chi connectivity index (χ0v) is 16.3. The van der Waals surface area contributed by atoms with Gasteiger partial charge in [0.2, 0.25) is 5.75 Å². The molecule has 0 aliphatic carbocycles. The summed E-state index contributed by atoms with van der Waals surface area (Å²) >= 11 is 0. The van der Waals surface area contributed by atoms with Crippen LogP contribution in [0.4, 0.5) is 5.69 Å². The minimum atomic E-state index is -0.348. The van der Waals surface area contributed by atoms with Gasteiger partial charge in [-0.15, -0.1) is 0 Å². The Morgan fingerprint density at radius 3 is 2.04 bits per heavy atom. The molecule has 0 heterocycles. The second-order valence-corrected chi connectivity index (χ2v) is 5.36. The first-order valence-electron chi connectivity index (χ1n) is 8.59. The topological polar surface area (TPSA) is 75.3 Å². The zero-order valence-electron chi connectivity index (χ0n) is 16.3. The Kier molecular flexibility index (Phi) is 7.16. The van der Waals surface area contributed by atoms with E-state index in [9.17, 15) is 4.79 Å². The van der Waals surface area contributed by atoms with Crippen LogP contribution < -0.4 is 29.0 Å². The minimum absolute atomic E-state index is 0.297. The van der Waals surface area contributed by atoms with Gasteiger partial charge in [0.15, 0.2) is 23.0 Å². The third kappa shape index (κ3) is 4.55. The van der Waals surface area contributed by atoms with Crippen LogP contribution in [0.2, 0.25) is 0 Å². The number of ether oxygens (including phenoxy) is 5. The average molecular weight is 375 g/mol. The summed E-state index contributed by atoms with van der Waals surface area (Å²) in [5, 5.41) is 2.84. The molecule has 0 saturated heterocycles. The fourth-order valence-corrected chi connectivity index (χ4v) is 2.61. The normalized spacial score (nSPS) is 10.1. The van der Waals surface area contributed by atoms with E-state index in [-0.39, 0.29) is 5.91 Å². The molecule has 0 fully saturated rings. The van der Waals surface area contributed by atoms with E-state index in [1.165, 1.54) is 21.3 Å². The lowest BCUT2D eigenvalue weighted by atomic mass is 10.1. The molecular formula is C20H25NO6. The third-order valence-electron chi connectivity index (χ3n) is 3.75. The molecule has 0 atom stereocenters. The highest BCUT2D eigenvalue weighted by Gasteiger charge is 2.21. The molecule has 146 valence electrons. The van der Waals surface area contributed by atoms with E-state index in [1.54, 1.807) is 30.3 Å². The lowest BCUT2D eigenvalue weighted by Gasteiger charge is -2.16. The number of carbonyl (C=O) groups excluding carboxylic acids is 1. The number of benzene rings is 2. The van der Waals surface area contributed by atoms with Crippen LogP contribution in [-0.2, 0) is 0 Å². The summed E-state index contributed by atoms with van der Waals surface area (Å²) in [6.07, 6.45) is 0. The molecule has 2 rings (SSSR count). The van der Waals surface area contributed by atoms with Gasteiger partial charge in [-0.05, 0) is 38.1 Å². The Morgan fingerprint density at radius 1 is 0.815 bits per heavy atom. The van der Waals surface area contributed by atoms with E-state index in [2.05, 4.69) is 5.32 Å². The van der Waals surface area contributed by atoms with E-state index in [0.717, 1.165) is 0 Å². The zero-order chi connectivity index (χ0) is 19.8. The molecular weight excluding hydrogens is 350 g/mol. The molecule has 2 aromatic carbocycles. The lowest BCUT2D eigenvalue weighted by Crippen LogP contribution is -2.14. The summed E-state index contributed by atoms with van der Waals surface area (Å²) in [6, 6.07) is 8.50. The number of nitrogens with one attached hydrogen (secondary N) is 1. The first-order chi connectivity index (χ1) is 13.1. The number of hydrogen-bond acceptors (Lipinski definition) is 6. The van der Waals surface area contributed by atoms with Crippen LogP contribution in [0.15, 0.2) is 30.3 Å². The van der Waals surface area contributed by atoms with Crippen LogP contribution in [0, 0.1) is 0 Å². The molecule has 1 N–H and O–H groups in total.